The number of carbonyl (C=O) groups excluding carboxylic acids is 1. The molecule has 0 spiro atoms. The van der Waals surface area contributed by atoms with Crippen LogP contribution in [0, 0.1) is 5.82 Å². The van der Waals surface area contributed by atoms with E-state index < -0.39 is 0 Å². The summed E-state index contributed by atoms with van der Waals surface area (Å²) in [7, 11) is 1.39. The van der Waals surface area contributed by atoms with Gasteiger partial charge in [-0.05, 0) is 43.0 Å². The van der Waals surface area contributed by atoms with Gasteiger partial charge in [0.1, 0.15) is 11.9 Å². The van der Waals surface area contributed by atoms with Gasteiger partial charge in [0.2, 0.25) is 0 Å². The van der Waals surface area contributed by atoms with Crippen molar-refractivity contribution in [3.8, 4) is 0 Å². The lowest BCUT2D eigenvalue weighted by Gasteiger charge is -2.28. The first-order valence-electron chi connectivity index (χ1n) is 5.77. The van der Waals surface area contributed by atoms with Crippen LogP contribution in [0.25, 0.3) is 0 Å². The fourth-order valence-electron chi connectivity index (χ4n) is 2.28. The van der Waals surface area contributed by atoms with E-state index in [0.717, 1.165) is 18.5 Å². The number of nitrogens with one attached hydrogen (secondary N) is 1. The number of carbonyl (C=O) groups is 1. The number of esters is 1. The molecule has 1 aromatic rings. The Morgan fingerprint density at radius 1 is 1.41 bits per heavy atom. The second-order valence-electron chi connectivity index (χ2n) is 4.30. The van der Waals surface area contributed by atoms with Crippen LogP contribution < -0.4 is 5.32 Å². The van der Waals surface area contributed by atoms with Crippen LogP contribution in [-0.2, 0) is 9.53 Å². The summed E-state index contributed by atoms with van der Waals surface area (Å²) in [4.78, 5) is 11.5. The van der Waals surface area contributed by atoms with E-state index in [9.17, 15) is 9.18 Å². The number of hydrogen-bond donors (Lipinski definition) is 1. The first kappa shape index (κ1) is 12.0. The third-order valence-corrected chi connectivity index (χ3v) is 3.23. The molecule has 0 radical (unpaired) electrons. The molecule has 4 heteroatoms. The average molecular weight is 237 g/mol. The molecule has 0 amide bonds. The number of benzene rings is 1. The lowest BCUT2D eigenvalue weighted by atomic mass is 9.86. The summed E-state index contributed by atoms with van der Waals surface area (Å²) < 4.78 is 17.6. The van der Waals surface area contributed by atoms with Gasteiger partial charge in [0, 0.05) is 0 Å². The molecule has 2 atom stereocenters. The van der Waals surface area contributed by atoms with Crippen molar-refractivity contribution in [3.63, 3.8) is 0 Å². The molecule has 1 N–H and O–H groups in total. The fourth-order valence-corrected chi connectivity index (χ4v) is 2.28. The van der Waals surface area contributed by atoms with Crippen LogP contribution in [0.4, 0.5) is 4.39 Å². The van der Waals surface area contributed by atoms with Crippen LogP contribution >= 0.6 is 0 Å². The Bertz CT molecular complexity index is 391. The Balaban J connectivity index is 2.06. The molecule has 0 aromatic heterocycles. The summed E-state index contributed by atoms with van der Waals surface area (Å²) in [6.45, 7) is 0.780. The van der Waals surface area contributed by atoms with Gasteiger partial charge in [-0.3, -0.25) is 4.79 Å². The summed E-state index contributed by atoms with van der Waals surface area (Å²) >= 11 is 0. The second kappa shape index (κ2) is 5.27. The van der Waals surface area contributed by atoms with Gasteiger partial charge in [0.25, 0.3) is 0 Å². The van der Waals surface area contributed by atoms with Crippen molar-refractivity contribution in [1.82, 2.24) is 5.32 Å². The number of methoxy groups -OCH3 is 1. The lowest BCUT2D eigenvalue weighted by molar-refractivity contribution is -0.143. The highest BCUT2D eigenvalue weighted by Gasteiger charge is 2.28. The lowest BCUT2D eigenvalue weighted by Crippen LogP contribution is -2.43. The summed E-state index contributed by atoms with van der Waals surface area (Å²) in [5.41, 5.74) is 1.09. The van der Waals surface area contributed by atoms with E-state index in [1.165, 1.54) is 19.2 Å². The van der Waals surface area contributed by atoms with Crippen molar-refractivity contribution in [2.75, 3.05) is 13.7 Å². The fraction of sp³-hybridized carbons (Fsp3) is 0.462. The van der Waals surface area contributed by atoms with Crippen LogP contribution in [0.5, 0.6) is 0 Å². The summed E-state index contributed by atoms with van der Waals surface area (Å²) in [6, 6.07) is 6.26. The van der Waals surface area contributed by atoms with Crippen LogP contribution in [-0.4, -0.2) is 25.7 Å². The van der Waals surface area contributed by atoms with Gasteiger partial charge in [-0.15, -0.1) is 0 Å². The highest BCUT2D eigenvalue weighted by atomic mass is 19.1. The van der Waals surface area contributed by atoms with Crippen molar-refractivity contribution in [1.29, 1.82) is 0 Å². The van der Waals surface area contributed by atoms with E-state index in [1.807, 2.05) is 0 Å². The van der Waals surface area contributed by atoms with Crippen molar-refractivity contribution in [2.24, 2.45) is 0 Å². The summed E-state index contributed by atoms with van der Waals surface area (Å²) in [6.07, 6.45) is 1.66. The van der Waals surface area contributed by atoms with Gasteiger partial charge in [0.15, 0.2) is 0 Å². The molecule has 3 nitrogen and oxygen atoms in total. The number of piperidine rings is 1. The number of halogens is 1. The Morgan fingerprint density at radius 2 is 2.12 bits per heavy atom. The Morgan fingerprint density at radius 3 is 2.76 bits per heavy atom. The number of rotatable bonds is 2. The minimum atomic E-state index is -0.246. The van der Waals surface area contributed by atoms with Crippen LogP contribution in [0.2, 0.25) is 0 Å². The SMILES string of the molecule is COC(=O)[C@@H]1C[C@@H](c2ccc(F)cc2)CCN1. The molecule has 2 rings (SSSR count). The first-order valence-corrected chi connectivity index (χ1v) is 5.77. The third kappa shape index (κ3) is 2.82. The maximum Gasteiger partial charge on any atom is 0.322 e. The topological polar surface area (TPSA) is 38.3 Å². The molecule has 0 unspecified atom stereocenters. The van der Waals surface area contributed by atoms with Gasteiger partial charge < -0.3 is 10.1 Å². The van der Waals surface area contributed by atoms with Crippen molar-refractivity contribution >= 4 is 5.97 Å². The van der Waals surface area contributed by atoms with Crippen molar-refractivity contribution < 1.29 is 13.9 Å². The highest BCUT2D eigenvalue weighted by Crippen LogP contribution is 2.28. The molecule has 17 heavy (non-hydrogen) atoms. The molecule has 1 aliphatic rings. The van der Waals surface area contributed by atoms with E-state index in [4.69, 9.17) is 4.74 Å². The standard InChI is InChI=1S/C13H16FNO2/c1-17-13(16)12-8-10(6-7-15-12)9-2-4-11(14)5-3-9/h2-5,10,12,15H,6-8H2,1H3/t10-,12-/m0/s1. The maximum absolute atomic E-state index is 12.8. The molecule has 1 aliphatic heterocycles. The minimum absolute atomic E-state index is 0.225. The van der Waals surface area contributed by atoms with Gasteiger partial charge in [0.05, 0.1) is 7.11 Å². The van der Waals surface area contributed by atoms with E-state index >= 15 is 0 Å². The average Bonchev–Trinajstić information content (AvgIpc) is 2.39. The zero-order valence-electron chi connectivity index (χ0n) is 9.78. The molecule has 1 heterocycles. The number of ether oxygens (including phenoxy) is 1. The predicted molar refractivity (Wildman–Crippen MR) is 62.2 cm³/mol. The van der Waals surface area contributed by atoms with Gasteiger partial charge in [-0.2, -0.15) is 0 Å². The smallest absolute Gasteiger partial charge is 0.322 e. The Hall–Kier alpha value is -1.42. The van der Waals surface area contributed by atoms with Crippen LogP contribution in [0.3, 0.4) is 0 Å². The van der Waals surface area contributed by atoms with E-state index in [1.54, 1.807) is 12.1 Å². The third-order valence-electron chi connectivity index (χ3n) is 3.23. The summed E-state index contributed by atoms with van der Waals surface area (Å²) in [5, 5.41) is 3.13. The normalized spacial score (nSPS) is 24.4. The monoisotopic (exact) mass is 237 g/mol. The Labute approximate surface area is 100.0 Å². The molecule has 1 saturated heterocycles. The van der Waals surface area contributed by atoms with Crippen LogP contribution in [0.15, 0.2) is 24.3 Å². The molecule has 92 valence electrons. The zero-order chi connectivity index (χ0) is 12.3. The van der Waals surface area contributed by atoms with Gasteiger partial charge >= 0.3 is 5.97 Å². The number of hydrogen-bond acceptors (Lipinski definition) is 3. The largest absolute Gasteiger partial charge is 0.468 e. The molecule has 0 aliphatic carbocycles. The quantitative estimate of drug-likeness (QED) is 0.797. The molecule has 1 aromatic carbocycles. The zero-order valence-corrected chi connectivity index (χ0v) is 9.78. The van der Waals surface area contributed by atoms with Gasteiger partial charge in [-0.25, -0.2) is 4.39 Å². The molecular weight excluding hydrogens is 221 g/mol. The first-order chi connectivity index (χ1) is 8.20. The molecular formula is C13H16FNO2. The Kier molecular flexibility index (Phi) is 3.74. The molecule has 1 fully saturated rings. The van der Waals surface area contributed by atoms with Crippen LogP contribution in [0.1, 0.15) is 24.3 Å². The van der Waals surface area contributed by atoms with E-state index in [2.05, 4.69) is 5.32 Å². The highest BCUT2D eigenvalue weighted by molar-refractivity contribution is 5.75. The second-order valence-corrected chi connectivity index (χ2v) is 4.30. The van der Waals surface area contributed by atoms with E-state index in [-0.39, 0.29) is 17.8 Å². The molecule has 0 saturated carbocycles. The van der Waals surface area contributed by atoms with E-state index in [0.29, 0.717) is 12.3 Å². The van der Waals surface area contributed by atoms with Crippen molar-refractivity contribution in [2.45, 2.75) is 24.8 Å². The summed E-state index contributed by atoms with van der Waals surface area (Å²) in [5.74, 6) is -0.162. The predicted octanol–water partition coefficient (Wildman–Crippen LogP) is 1.83. The minimum Gasteiger partial charge on any atom is -0.468 e. The molecule has 0 bridgehead atoms. The van der Waals surface area contributed by atoms with Crippen molar-refractivity contribution in [3.05, 3.63) is 35.6 Å². The van der Waals surface area contributed by atoms with Gasteiger partial charge in [-0.1, -0.05) is 12.1 Å². The maximum atomic E-state index is 12.8.